The van der Waals surface area contributed by atoms with Gasteiger partial charge in [-0.25, -0.2) is 0 Å². The zero-order valence-corrected chi connectivity index (χ0v) is 14.6. The maximum atomic E-state index is 12.4. The fraction of sp³-hybridized carbons (Fsp3) is 0.471. The minimum atomic E-state index is -2.95. The minimum Gasteiger partial charge on any atom is -0.493 e. The summed E-state index contributed by atoms with van der Waals surface area (Å²) >= 11 is 0. The predicted molar refractivity (Wildman–Crippen MR) is 88.1 cm³/mol. The quantitative estimate of drug-likeness (QED) is 0.693. The van der Waals surface area contributed by atoms with Crippen LogP contribution in [0.5, 0.6) is 11.5 Å². The summed E-state index contributed by atoms with van der Waals surface area (Å²) in [5.41, 5.74) is 0.624. The number of hydrogen-bond donors (Lipinski definition) is 1. The standard InChI is InChI=1S/C17H21F2N3O4/c1-3-14-21-16(26-22-14)6-4-5-15(23)20-10-11-7-8-12(24-2)13(9-11)25-17(18)19/h7-9,17H,3-6,10H2,1-2H3,(H,20,23). The highest BCUT2D eigenvalue weighted by Crippen LogP contribution is 2.29. The summed E-state index contributed by atoms with van der Waals surface area (Å²) in [5, 5.41) is 6.52. The van der Waals surface area contributed by atoms with Gasteiger partial charge in [0.25, 0.3) is 0 Å². The average molecular weight is 369 g/mol. The van der Waals surface area contributed by atoms with E-state index >= 15 is 0 Å². The highest BCUT2D eigenvalue weighted by Gasteiger charge is 2.12. The van der Waals surface area contributed by atoms with Gasteiger partial charge >= 0.3 is 6.61 Å². The van der Waals surface area contributed by atoms with E-state index in [1.54, 1.807) is 6.07 Å². The molecule has 0 fully saturated rings. The number of nitrogens with zero attached hydrogens (tertiary/aromatic N) is 2. The van der Waals surface area contributed by atoms with E-state index in [4.69, 9.17) is 9.26 Å². The molecule has 2 aromatic rings. The molecule has 9 heteroatoms. The molecule has 0 spiro atoms. The zero-order chi connectivity index (χ0) is 18.9. The largest absolute Gasteiger partial charge is 0.493 e. The Kier molecular flexibility index (Phi) is 7.31. The second-order valence-corrected chi connectivity index (χ2v) is 5.45. The molecule has 0 saturated carbocycles. The Bertz CT molecular complexity index is 722. The zero-order valence-electron chi connectivity index (χ0n) is 14.6. The predicted octanol–water partition coefficient (Wildman–Crippen LogP) is 2.88. The van der Waals surface area contributed by atoms with Gasteiger partial charge in [-0.3, -0.25) is 4.79 Å². The molecular weight excluding hydrogens is 348 g/mol. The first-order valence-corrected chi connectivity index (χ1v) is 8.21. The molecule has 0 unspecified atom stereocenters. The lowest BCUT2D eigenvalue weighted by molar-refractivity contribution is -0.121. The molecule has 0 aliphatic rings. The van der Waals surface area contributed by atoms with Crippen molar-refractivity contribution in [2.45, 2.75) is 45.8 Å². The molecule has 1 aromatic heterocycles. The van der Waals surface area contributed by atoms with Crippen LogP contribution in [0.25, 0.3) is 0 Å². The van der Waals surface area contributed by atoms with Gasteiger partial charge in [0.15, 0.2) is 17.3 Å². The molecule has 26 heavy (non-hydrogen) atoms. The lowest BCUT2D eigenvalue weighted by atomic mass is 10.2. The third-order valence-corrected chi connectivity index (χ3v) is 3.55. The van der Waals surface area contributed by atoms with E-state index in [0.29, 0.717) is 43.0 Å². The number of ether oxygens (including phenoxy) is 2. The van der Waals surface area contributed by atoms with Crippen molar-refractivity contribution in [3.63, 3.8) is 0 Å². The van der Waals surface area contributed by atoms with E-state index in [1.807, 2.05) is 6.92 Å². The summed E-state index contributed by atoms with van der Waals surface area (Å²) in [6, 6.07) is 4.60. The highest BCUT2D eigenvalue weighted by atomic mass is 19.3. The first kappa shape index (κ1) is 19.6. The third-order valence-electron chi connectivity index (χ3n) is 3.55. The number of carbonyl (C=O) groups is 1. The van der Waals surface area contributed by atoms with E-state index in [2.05, 4.69) is 20.2 Å². The molecular formula is C17H21F2N3O4. The summed E-state index contributed by atoms with van der Waals surface area (Å²) in [7, 11) is 1.36. The molecule has 1 heterocycles. The molecule has 7 nitrogen and oxygen atoms in total. The Labute approximate surface area is 149 Å². The Morgan fingerprint density at radius 1 is 1.35 bits per heavy atom. The number of nitrogens with one attached hydrogen (secondary N) is 1. The summed E-state index contributed by atoms with van der Waals surface area (Å²) in [5.74, 6) is 1.13. The third kappa shape index (κ3) is 5.98. The lowest BCUT2D eigenvalue weighted by Crippen LogP contribution is -2.22. The van der Waals surface area contributed by atoms with Crippen LogP contribution in [-0.4, -0.2) is 29.8 Å². The van der Waals surface area contributed by atoms with Crippen LogP contribution in [0.4, 0.5) is 8.78 Å². The van der Waals surface area contributed by atoms with Gasteiger partial charge in [-0.1, -0.05) is 18.1 Å². The van der Waals surface area contributed by atoms with Crippen LogP contribution in [0, 0.1) is 0 Å². The maximum absolute atomic E-state index is 12.4. The molecule has 1 aromatic carbocycles. The first-order chi connectivity index (χ1) is 12.5. The van der Waals surface area contributed by atoms with Crippen LogP contribution in [-0.2, 0) is 24.2 Å². The Hall–Kier alpha value is -2.71. The van der Waals surface area contributed by atoms with Crippen LogP contribution in [0.3, 0.4) is 0 Å². The smallest absolute Gasteiger partial charge is 0.387 e. The fourth-order valence-corrected chi connectivity index (χ4v) is 2.24. The number of aromatic nitrogens is 2. The normalized spacial score (nSPS) is 10.8. The lowest BCUT2D eigenvalue weighted by Gasteiger charge is -2.12. The van der Waals surface area contributed by atoms with Gasteiger partial charge in [0, 0.05) is 25.8 Å². The molecule has 0 aliphatic carbocycles. The van der Waals surface area contributed by atoms with E-state index in [-0.39, 0.29) is 24.0 Å². The number of halogens is 2. The Morgan fingerprint density at radius 3 is 2.81 bits per heavy atom. The molecule has 142 valence electrons. The van der Waals surface area contributed by atoms with Crippen molar-refractivity contribution in [3.05, 3.63) is 35.5 Å². The fourth-order valence-electron chi connectivity index (χ4n) is 2.24. The maximum Gasteiger partial charge on any atom is 0.387 e. The van der Waals surface area contributed by atoms with Crippen molar-refractivity contribution >= 4 is 5.91 Å². The monoisotopic (exact) mass is 369 g/mol. The van der Waals surface area contributed by atoms with Crippen LogP contribution in [0.15, 0.2) is 22.7 Å². The van der Waals surface area contributed by atoms with Gasteiger partial charge in [0.2, 0.25) is 11.8 Å². The van der Waals surface area contributed by atoms with Crippen molar-refractivity contribution in [1.29, 1.82) is 0 Å². The second kappa shape index (κ2) is 9.69. The van der Waals surface area contributed by atoms with Crippen molar-refractivity contribution in [2.75, 3.05) is 7.11 Å². The van der Waals surface area contributed by atoms with Crippen molar-refractivity contribution in [2.24, 2.45) is 0 Å². The molecule has 0 atom stereocenters. The summed E-state index contributed by atoms with van der Waals surface area (Å²) < 4.78 is 39.3. The van der Waals surface area contributed by atoms with Crippen LogP contribution in [0.2, 0.25) is 0 Å². The number of hydrogen-bond acceptors (Lipinski definition) is 6. The average Bonchev–Trinajstić information content (AvgIpc) is 3.07. The van der Waals surface area contributed by atoms with Gasteiger partial charge in [0.1, 0.15) is 0 Å². The molecule has 0 bridgehead atoms. The molecule has 0 radical (unpaired) electrons. The molecule has 1 amide bonds. The van der Waals surface area contributed by atoms with Crippen molar-refractivity contribution in [3.8, 4) is 11.5 Å². The number of rotatable bonds is 10. The number of aryl methyl sites for hydroxylation is 2. The number of amides is 1. The van der Waals surface area contributed by atoms with E-state index in [9.17, 15) is 13.6 Å². The molecule has 0 saturated heterocycles. The van der Waals surface area contributed by atoms with Gasteiger partial charge in [-0.15, -0.1) is 0 Å². The molecule has 1 N–H and O–H groups in total. The minimum absolute atomic E-state index is 0.0719. The molecule has 0 aliphatic heterocycles. The van der Waals surface area contributed by atoms with E-state index < -0.39 is 6.61 Å². The van der Waals surface area contributed by atoms with Gasteiger partial charge in [0.05, 0.1) is 7.11 Å². The number of methoxy groups -OCH3 is 1. The van der Waals surface area contributed by atoms with Crippen LogP contribution >= 0.6 is 0 Å². The van der Waals surface area contributed by atoms with Gasteiger partial charge in [-0.05, 0) is 24.1 Å². The Morgan fingerprint density at radius 2 is 2.15 bits per heavy atom. The number of carbonyl (C=O) groups excluding carboxylic acids is 1. The van der Waals surface area contributed by atoms with Crippen molar-refractivity contribution in [1.82, 2.24) is 15.5 Å². The van der Waals surface area contributed by atoms with Gasteiger partial charge in [-0.2, -0.15) is 13.8 Å². The number of benzene rings is 1. The second-order valence-electron chi connectivity index (χ2n) is 5.45. The summed E-state index contributed by atoms with van der Waals surface area (Å²) in [4.78, 5) is 16.1. The van der Waals surface area contributed by atoms with E-state index in [0.717, 1.165) is 0 Å². The van der Waals surface area contributed by atoms with Crippen LogP contribution < -0.4 is 14.8 Å². The summed E-state index contributed by atoms with van der Waals surface area (Å²) in [6.45, 7) is -0.825. The SMILES string of the molecule is CCc1noc(CCCC(=O)NCc2ccc(OC)c(OC(F)F)c2)n1. The van der Waals surface area contributed by atoms with Crippen molar-refractivity contribution < 1.29 is 27.6 Å². The summed E-state index contributed by atoms with van der Waals surface area (Å²) in [6.07, 6.45) is 2.08. The Balaban J connectivity index is 1.79. The highest BCUT2D eigenvalue weighted by molar-refractivity contribution is 5.75. The molecule has 2 rings (SSSR count). The van der Waals surface area contributed by atoms with Gasteiger partial charge < -0.3 is 19.3 Å². The first-order valence-electron chi connectivity index (χ1n) is 8.21. The number of alkyl halides is 2. The topological polar surface area (TPSA) is 86.5 Å². The van der Waals surface area contributed by atoms with Crippen LogP contribution in [0.1, 0.15) is 37.0 Å². The van der Waals surface area contributed by atoms with E-state index in [1.165, 1.54) is 19.2 Å².